The van der Waals surface area contributed by atoms with Crippen molar-refractivity contribution in [2.75, 3.05) is 41.0 Å². The number of allylic oxidation sites excluding steroid dienone is 16. The molecule has 0 radical (unpaired) electrons. The van der Waals surface area contributed by atoms with Gasteiger partial charge in [-0.3, -0.25) is 9.59 Å². The number of nitrogens with zero attached hydrogens (tertiary/aromatic N) is 1. The van der Waals surface area contributed by atoms with Crippen LogP contribution in [0.5, 0.6) is 0 Å². The summed E-state index contributed by atoms with van der Waals surface area (Å²) in [6.45, 7) is 4.43. The summed E-state index contributed by atoms with van der Waals surface area (Å²) in [6, 6.07) is -0.631. The van der Waals surface area contributed by atoms with E-state index >= 15 is 0 Å². The van der Waals surface area contributed by atoms with E-state index in [1.165, 1.54) is 38.5 Å². The fourth-order valence-electron chi connectivity index (χ4n) is 6.20. The molecule has 0 aromatic carbocycles. The van der Waals surface area contributed by atoms with Crippen LogP contribution in [0.15, 0.2) is 97.2 Å². The molecule has 0 heterocycles. The van der Waals surface area contributed by atoms with Crippen molar-refractivity contribution in [3.8, 4) is 0 Å². The maximum Gasteiger partial charge on any atom is 0.362 e. The first-order valence-electron chi connectivity index (χ1n) is 23.3. The van der Waals surface area contributed by atoms with E-state index in [4.69, 9.17) is 14.2 Å². The molecule has 0 fully saturated rings. The van der Waals surface area contributed by atoms with Crippen LogP contribution in [-0.4, -0.2) is 80.6 Å². The van der Waals surface area contributed by atoms with Gasteiger partial charge in [-0.2, -0.15) is 0 Å². The average Bonchev–Trinajstić information content (AvgIpc) is 3.21. The Labute approximate surface area is 366 Å². The normalized spacial score (nSPS) is 13.8. The summed E-state index contributed by atoms with van der Waals surface area (Å²) < 4.78 is 17.2. The van der Waals surface area contributed by atoms with Crippen LogP contribution in [0.4, 0.5) is 0 Å². The molecule has 0 aromatic heterocycles. The molecule has 2 atom stereocenters. The van der Waals surface area contributed by atoms with Crippen molar-refractivity contribution >= 4 is 17.9 Å². The lowest BCUT2D eigenvalue weighted by atomic mass is 10.1. The van der Waals surface area contributed by atoms with Crippen molar-refractivity contribution in [1.29, 1.82) is 0 Å². The van der Waals surface area contributed by atoms with Crippen LogP contribution < -0.4 is 0 Å². The van der Waals surface area contributed by atoms with Crippen molar-refractivity contribution < 1.29 is 38.2 Å². The number of likely N-dealkylation sites (N-methyl/N-ethyl adjacent to an activating group) is 1. The van der Waals surface area contributed by atoms with Gasteiger partial charge < -0.3 is 23.8 Å². The molecular formula is C52H86NO7+. The lowest BCUT2D eigenvalue weighted by molar-refractivity contribution is -0.887. The molecule has 1 N–H and O–H groups in total. The molecule has 60 heavy (non-hydrogen) atoms. The number of rotatable bonds is 40. The summed E-state index contributed by atoms with van der Waals surface area (Å²) in [6.07, 6.45) is 56.0. The zero-order valence-electron chi connectivity index (χ0n) is 38.6. The first-order valence-corrected chi connectivity index (χ1v) is 23.3. The lowest BCUT2D eigenvalue weighted by Crippen LogP contribution is -2.50. The van der Waals surface area contributed by atoms with Gasteiger partial charge in [-0.25, -0.2) is 4.79 Å². The van der Waals surface area contributed by atoms with Gasteiger partial charge in [0.2, 0.25) is 0 Å². The van der Waals surface area contributed by atoms with E-state index in [0.29, 0.717) is 19.3 Å². The van der Waals surface area contributed by atoms with Crippen LogP contribution in [0, 0.1) is 0 Å². The Kier molecular flexibility index (Phi) is 39.3. The monoisotopic (exact) mass is 837 g/mol. The Bertz CT molecular complexity index is 1300. The summed E-state index contributed by atoms with van der Waals surface area (Å²) in [4.78, 5) is 37.0. The summed E-state index contributed by atoms with van der Waals surface area (Å²) in [5.41, 5.74) is 0. The topological polar surface area (TPSA) is 99.1 Å². The van der Waals surface area contributed by atoms with Gasteiger partial charge in [-0.1, -0.05) is 156 Å². The SMILES string of the molecule is CC/C=C/C/C=C/C/C=C/C/C=C/C/C=C/CCCC(=O)OC(COCCC(C(=O)O)[N+](C)(C)C)COC(=O)CCCCCCCCCCC/C=C/C/C=C/C/C=C/CC. The lowest BCUT2D eigenvalue weighted by Gasteiger charge is -2.31. The predicted octanol–water partition coefficient (Wildman–Crippen LogP) is 13.1. The van der Waals surface area contributed by atoms with Crippen molar-refractivity contribution in [1.82, 2.24) is 0 Å². The molecule has 0 rings (SSSR count). The van der Waals surface area contributed by atoms with Gasteiger partial charge in [0.15, 0.2) is 12.1 Å². The summed E-state index contributed by atoms with van der Waals surface area (Å²) in [5, 5.41) is 9.63. The van der Waals surface area contributed by atoms with Gasteiger partial charge in [-0.05, 0) is 83.5 Å². The molecule has 8 heteroatoms. The molecule has 0 aliphatic heterocycles. The van der Waals surface area contributed by atoms with Gasteiger partial charge in [0.25, 0.3) is 0 Å². The van der Waals surface area contributed by atoms with Gasteiger partial charge in [-0.15, -0.1) is 0 Å². The molecule has 0 amide bonds. The van der Waals surface area contributed by atoms with E-state index in [0.717, 1.165) is 83.5 Å². The van der Waals surface area contributed by atoms with Gasteiger partial charge in [0.05, 0.1) is 34.4 Å². The molecule has 0 spiro atoms. The number of ether oxygens (including phenoxy) is 3. The minimum atomic E-state index is -0.889. The number of quaternary nitrogens is 1. The number of carbonyl (C=O) groups is 3. The summed E-state index contributed by atoms with van der Waals surface area (Å²) in [7, 11) is 5.50. The molecule has 0 aliphatic rings. The minimum Gasteiger partial charge on any atom is -0.477 e. The second-order valence-electron chi connectivity index (χ2n) is 16.2. The van der Waals surface area contributed by atoms with Gasteiger partial charge in [0, 0.05) is 19.3 Å². The van der Waals surface area contributed by atoms with E-state index < -0.39 is 18.1 Å². The quantitative estimate of drug-likeness (QED) is 0.0284. The Hall–Kier alpha value is -3.75. The highest BCUT2D eigenvalue weighted by Crippen LogP contribution is 2.13. The van der Waals surface area contributed by atoms with Crippen LogP contribution in [0.1, 0.15) is 162 Å². The molecular weight excluding hydrogens is 751 g/mol. The minimum absolute atomic E-state index is 0.0308. The third-order valence-corrected chi connectivity index (χ3v) is 9.73. The van der Waals surface area contributed by atoms with Crippen LogP contribution in [0.2, 0.25) is 0 Å². The van der Waals surface area contributed by atoms with Crippen molar-refractivity contribution in [2.24, 2.45) is 0 Å². The van der Waals surface area contributed by atoms with E-state index in [-0.39, 0.29) is 42.7 Å². The van der Waals surface area contributed by atoms with Crippen molar-refractivity contribution in [3.05, 3.63) is 97.2 Å². The predicted molar refractivity (Wildman–Crippen MR) is 252 cm³/mol. The van der Waals surface area contributed by atoms with Crippen LogP contribution in [0.25, 0.3) is 0 Å². The van der Waals surface area contributed by atoms with Crippen LogP contribution in [0.3, 0.4) is 0 Å². The second kappa shape index (κ2) is 42.0. The van der Waals surface area contributed by atoms with E-state index in [2.05, 4.69) is 111 Å². The van der Waals surface area contributed by atoms with Crippen LogP contribution >= 0.6 is 0 Å². The van der Waals surface area contributed by atoms with E-state index in [1.807, 2.05) is 21.1 Å². The Balaban J connectivity index is 4.41. The third-order valence-electron chi connectivity index (χ3n) is 9.73. The Morgan fingerprint density at radius 3 is 1.35 bits per heavy atom. The molecule has 8 nitrogen and oxygen atoms in total. The van der Waals surface area contributed by atoms with Gasteiger partial charge in [0.1, 0.15) is 6.61 Å². The second-order valence-corrected chi connectivity index (χ2v) is 16.2. The number of carboxylic acid groups (broad SMARTS) is 1. The molecule has 0 bridgehead atoms. The fraction of sp³-hybridized carbons (Fsp3) is 0.635. The molecule has 340 valence electrons. The fourth-order valence-corrected chi connectivity index (χ4v) is 6.20. The average molecular weight is 837 g/mol. The molecule has 0 aromatic rings. The molecule has 0 saturated heterocycles. The van der Waals surface area contributed by atoms with Crippen molar-refractivity contribution in [3.63, 3.8) is 0 Å². The van der Waals surface area contributed by atoms with Crippen LogP contribution in [-0.2, 0) is 28.6 Å². The molecule has 0 saturated carbocycles. The van der Waals surface area contributed by atoms with E-state index in [1.54, 1.807) is 0 Å². The first-order chi connectivity index (χ1) is 29.1. The highest BCUT2D eigenvalue weighted by Gasteiger charge is 2.31. The zero-order chi connectivity index (χ0) is 44.2. The number of hydrogen-bond donors (Lipinski definition) is 1. The van der Waals surface area contributed by atoms with E-state index in [9.17, 15) is 19.5 Å². The Morgan fingerprint density at radius 1 is 0.500 bits per heavy atom. The highest BCUT2D eigenvalue weighted by molar-refractivity contribution is 5.72. The summed E-state index contributed by atoms with van der Waals surface area (Å²) >= 11 is 0. The number of carboxylic acids is 1. The number of esters is 2. The smallest absolute Gasteiger partial charge is 0.362 e. The Morgan fingerprint density at radius 2 is 0.900 bits per heavy atom. The molecule has 0 aliphatic carbocycles. The largest absolute Gasteiger partial charge is 0.477 e. The van der Waals surface area contributed by atoms with Gasteiger partial charge >= 0.3 is 17.9 Å². The number of carbonyl (C=O) groups excluding carboxylic acids is 2. The summed E-state index contributed by atoms with van der Waals surface area (Å²) in [5.74, 6) is -1.56. The maximum atomic E-state index is 12.7. The number of hydrogen-bond acceptors (Lipinski definition) is 6. The standard InChI is InChI=1S/C52H85NO7/c1-6-8-10-12-14-16-18-20-22-24-25-27-28-30-32-34-36-38-40-42-50(54)59-47-48(46-58-45-44-49(52(56)57)53(3,4)5)60-51(55)43-41-39-37-35-33-31-29-26-23-21-19-17-15-13-11-9-7-2/h8-11,14-17,20-23,29,31,35,37,48-49H,6-7,12-13,18-19,24-28,30,32-34,36,38-47H2,1-5H3/p+1/b10-8+,11-9+,16-14+,17-15+,22-20+,23-21+,31-29+,37-35+. The molecule has 2 unspecified atom stereocenters. The van der Waals surface area contributed by atoms with Crippen molar-refractivity contribution in [2.45, 2.75) is 174 Å². The first kappa shape index (κ1) is 56.2. The zero-order valence-corrected chi connectivity index (χ0v) is 38.6. The third kappa shape index (κ3) is 39.7. The maximum absolute atomic E-state index is 12.7. The highest BCUT2D eigenvalue weighted by atomic mass is 16.6. The number of aliphatic carboxylic acids is 1. The number of unbranched alkanes of at least 4 members (excludes halogenated alkanes) is 10.